The number of ether oxygens (including phenoxy) is 9. The Hall–Kier alpha value is -2.13. The average molecular weight is 851 g/mol. The summed E-state index contributed by atoms with van der Waals surface area (Å²) in [4.78, 5) is 3.50. The first-order chi connectivity index (χ1) is 26.7. The van der Waals surface area contributed by atoms with Gasteiger partial charge in [0.15, 0.2) is 0 Å². The molecule has 0 aliphatic carbocycles. The Labute approximate surface area is 357 Å². The molecular formula is C45H70O9S3. The van der Waals surface area contributed by atoms with E-state index in [1.165, 1.54) is 26.5 Å². The maximum Gasteiger partial charge on any atom is 0.146 e. The quantitative estimate of drug-likeness (QED) is 0.0481. The fourth-order valence-electron chi connectivity index (χ4n) is 5.52. The fraction of sp³-hybridized carbons (Fsp3) is 0.600. The highest BCUT2D eigenvalue weighted by Gasteiger charge is 2.24. The van der Waals surface area contributed by atoms with Crippen molar-refractivity contribution in [2.75, 3.05) is 81.3 Å². The van der Waals surface area contributed by atoms with Crippen LogP contribution in [0.2, 0.25) is 0 Å². The maximum absolute atomic E-state index is 6.06. The van der Waals surface area contributed by atoms with Crippen molar-refractivity contribution in [2.24, 2.45) is 0 Å². The summed E-state index contributed by atoms with van der Waals surface area (Å²) in [5, 5.41) is 0. The van der Waals surface area contributed by atoms with Gasteiger partial charge in [-0.15, -0.1) is 12.6 Å². The number of benzene rings is 3. The molecule has 3 rings (SSSR count). The minimum Gasteiger partial charge on any atom is -0.491 e. The van der Waals surface area contributed by atoms with Gasteiger partial charge >= 0.3 is 0 Å². The van der Waals surface area contributed by atoms with Gasteiger partial charge in [-0.3, -0.25) is 0 Å². The van der Waals surface area contributed by atoms with Crippen LogP contribution in [0.25, 0.3) is 0 Å². The summed E-state index contributed by atoms with van der Waals surface area (Å²) in [6.07, 6.45) is 0. The number of methoxy groups -OCH3 is 3. The van der Waals surface area contributed by atoms with E-state index in [1.807, 2.05) is 6.92 Å². The molecule has 0 amide bonds. The van der Waals surface area contributed by atoms with E-state index in [9.17, 15) is 0 Å². The van der Waals surface area contributed by atoms with Crippen molar-refractivity contribution in [2.45, 2.75) is 114 Å². The highest BCUT2D eigenvalue weighted by molar-refractivity contribution is 8.76. The minimum absolute atomic E-state index is 0.0351. The summed E-state index contributed by atoms with van der Waals surface area (Å²) < 4.78 is 48.5. The molecule has 0 spiro atoms. The number of hydrogen-bond donors (Lipinski definition) is 1. The molecule has 322 valence electrons. The molecule has 0 aromatic heterocycles. The van der Waals surface area contributed by atoms with Crippen molar-refractivity contribution < 1.29 is 42.6 Å². The second-order valence-electron chi connectivity index (χ2n) is 16.8. The summed E-state index contributed by atoms with van der Waals surface area (Å²) in [5.74, 6) is 2.68. The predicted molar refractivity (Wildman–Crippen MR) is 239 cm³/mol. The van der Waals surface area contributed by atoms with Gasteiger partial charge in [0.05, 0.1) is 19.8 Å². The lowest BCUT2D eigenvalue weighted by Gasteiger charge is -2.26. The average Bonchev–Trinajstić information content (AvgIpc) is 3.11. The number of aryl methyl sites for hydroxylation is 3. The van der Waals surface area contributed by atoms with Crippen molar-refractivity contribution in [1.82, 2.24) is 0 Å². The Morgan fingerprint density at radius 2 is 0.737 bits per heavy atom. The van der Waals surface area contributed by atoms with Crippen LogP contribution in [0.1, 0.15) is 95.7 Å². The third kappa shape index (κ3) is 17.9. The normalized spacial score (nSPS) is 12.0. The molecule has 0 saturated carbocycles. The van der Waals surface area contributed by atoms with Crippen LogP contribution < -0.4 is 14.2 Å². The lowest BCUT2D eigenvalue weighted by molar-refractivity contribution is -0.0389. The van der Waals surface area contributed by atoms with Crippen LogP contribution in [0, 0.1) is 20.8 Å². The van der Waals surface area contributed by atoms with Crippen molar-refractivity contribution in [3.05, 3.63) is 69.8 Å². The van der Waals surface area contributed by atoms with E-state index in [0.29, 0.717) is 46.4 Å². The highest BCUT2D eigenvalue weighted by atomic mass is 33.1. The van der Waals surface area contributed by atoms with Gasteiger partial charge in [-0.1, -0.05) is 83.9 Å². The highest BCUT2D eigenvalue weighted by Crippen LogP contribution is 2.48. The van der Waals surface area contributed by atoms with E-state index in [4.69, 9.17) is 42.6 Å². The number of rotatable bonds is 21. The van der Waals surface area contributed by atoms with E-state index in [1.54, 1.807) is 42.9 Å². The van der Waals surface area contributed by atoms with E-state index < -0.39 is 0 Å². The van der Waals surface area contributed by atoms with Crippen molar-refractivity contribution in [3.8, 4) is 17.2 Å². The molecule has 0 heterocycles. The zero-order valence-electron chi connectivity index (χ0n) is 37.3. The van der Waals surface area contributed by atoms with Crippen LogP contribution in [0.4, 0.5) is 0 Å². The smallest absolute Gasteiger partial charge is 0.146 e. The third-order valence-electron chi connectivity index (χ3n) is 8.55. The predicted octanol–water partition coefficient (Wildman–Crippen LogP) is 11.3. The first-order valence-electron chi connectivity index (χ1n) is 19.3. The molecule has 0 bridgehead atoms. The molecule has 0 saturated heterocycles. The SMILES string of the molecule is COCOCCOc1cc(C(C)(C)C)c(S)cc1C.COCOCCOc1cc(C(C)(C)C)c(SSc2cc(C)c(OCCOCOC)cc2C(C)(C)C)cc1C. The van der Waals surface area contributed by atoms with Crippen LogP contribution in [0.5, 0.6) is 17.2 Å². The molecule has 3 aromatic carbocycles. The molecule has 12 heteroatoms. The molecule has 3 aromatic rings. The standard InChI is InChI=1S/C30H46O6S2.C15H24O3S/c1-21-15-27(23(29(3,4)5)17-25(21)35-13-11-33-19-31-9)37-38-28-16-22(2)26(18-24(28)30(6,7)8)36-14-12-34-20-32-10;1-11-8-14(19)12(15(2,3)4)9-13(11)18-7-6-17-10-16-5/h15-18H,11-14,19-20H2,1-10H3;8-9,19H,6-7,10H2,1-5H3. The monoisotopic (exact) mass is 850 g/mol. The van der Waals surface area contributed by atoms with E-state index in [2.05, 4.69) is 125 Å². The van der Waals surface area contributed by atoms with Gasteiger partial charge in [-0.05, 0) is 107 Å². The number of thiol groups is 1. The number of hydrogen-bond acceptors (Lipinski definition) is 12. The van der Waals surface area contributed by atoms with Crippen LogP contribution in [-0.4, -0.2) is 81.3 Å². The van der Waals surface area contributed by atoms with Gasteiger partial charge < -0.3 is 42.6 Å². The fourth-order valence-corrected chi connectivity index (χ4v) is 9.02. The van der Waals surface area contributed by atoms with Gasteiger partial charge in [0.1, 0.15) is 57.4 Å². The van der Waals surface area contributed by atoms with Crippen LogP contribution in [-0.2, 0) is 44.7 Å². The zero-order chi connectivity index (χ0) is 42.8. The van der Waals surface area contributed by atoms with Gasteiger partial charge in [0.2, 0.25) is 0 Å². The minimum atomic E-state index is -0.0351. The summed E-state index contributed by atoms with van der Waals surface area (Å²) >= 11 is 4.55. The largest absolute Gasteiger partial charge is 0.491 e. The van der Waals surface area contributed by atoms with Crippen LogP contribution >= 0.6 is 34.2 Å². The summed E-state index contributed by atoms with van der Waals surface area (Å²) in [5.41, 5.74) is 7.00. The maximum atomic E-state index is 6.06. The van der Waals surface area contributed by atoms with Crippen LogP contribution in [0.15, 0.2) is 51.1 Å². The summed E-state index contributed by atoms with van der Waals surface area (Å²) in [7, 11) is 8.44. The summed E-state index contributed by atoms with van der Waals surface area (Å²) in [6, 6.07) is 13.0. The van der Waals surface area contributed by atoms with E-state index >= 15 is 0 Å². The van der Waals surface area contributed by atoms with E-state index in [0.717, 1.165) is 38.8 Å². The van der Waals surface area contributed by atoms with E-state index in [-0.39, 0.29) is 29.8 Å². The molecule has 0 unspecified atom stereocenters. The Morgan fingerprint density at radius 3 is 1.04 bits per heavy atom. The molecule has 9 nitrogen and oxygen atoms in total. The molecule has 0 fully saturated rings. The zero-order valence-corrected chi connectivity index (χ0v) is 39.8. The molecule has 0 atom stereocenters. The Kier molecular flexibility index (Phi) is 22.2. The molecule has 57 heavy (non-hydrogen) atoms. The molecule has 0 aliphatic rings. The van der Waals surface area contributed by atoms with Crippen molar-refractivity contribution >= 4 is 34.2 Å². The Bertz CT molecular complexity index is 1560. The van der Waals surface area contributed by atoms with Gasteiger partial charge in [-0.25, -0.2) is 0 Å². The molecule has 0 radical (unpaired) electrons. The Morgan fingerprint density at radius 1 is 0.439 bits per heavy atom. The molecular weight excluding hydrogens is 781 g/mol. The first kappa shape index (κ1) is 51.0. The lowest BCUT2D eigenvalue weighted by atomic mass is 9.86. The van der Waals surface area contributed by atoms with Crippen molar-refractivity contribution in [3.63, 3.8) is 0 Å². The second kappa shape index (κ2) is 24.8. The van der Waals surface area contributed by atoms with Gasteiger partial charge in [0.25, 0.3) is 0 Å². The summed E-state index contributed by atoms with van der Waals surface area (Å²) in [6.45, 7) is 30.0. The second-order valence-corrected chi connectivity index (χ2v) is 19.5. The van der Waals surface area contributed by atoms with Crippen molar-refractivity contribution in [1.29, 1.82) is 0 Å². The third-order valence-corrected chi connectivity index (χ3v) is 11.4. The lowest BCUT2D eigenvalue weighted by Crippen LogP contribution is -2.15. The Balaban J connectivity index is 0.000000494. The first-order valence-corrected chi connectivity index (χ1v) is 21.9. The molecule has 0 N–H and O–H groups in total. The van der Waals surface area contributed by atoms with Gasteiger partial charge in [0, 0.05) is 36.0 Å². The van der Waals surface area contributed by atoms with Gasteiger partial charge in [-0.2, -0.15) is 0 Å². The van der Waals surface area contributed by atoms with Crippen LogP contribution in [0.3, 0.4) is 0 Å². The molecule has 0 aliphatic heterocycles. The topological polar surface area (TPSA) is 83.1 Å².